The van der Waals surface area contributed by atoms with Crippen molar-refractivity contribution in [2.45, 2.75) is 25.4 Å². The highest BCUT2D eigenvalue weighted by molar-refractivity contribution is 5.23. The van der Waals surface area contributed by atoms with Crippen LogP contribution in [0.25, 0.3) is 9.69 Å². The molecular weight excluding hydrogens is 136 g/mol. The Morgan fingerprint density at radius 3 is 2.27 bits per heavy atom. The highest BCUT2D eigenvalue weighted by atomic mass is 15.0. The summed E-state index contributed by atoms with van der Waals surface area (Å²) in [5.74, 6) is 0.346. The molecule has 0 aromatic rings. The van der Waals surface area contributed by atoms with E-state index in [4.69, 9.17) is 13.1 Å². The fourth-order valence-corrected chi connectivity index (χ4v) is 1.44. The third-order valence-corrected chi connectivity index (χ3v) is 2.26. The minimum atomic E-state index is -0.795. The van der Waals surface area contributed by atoms with Crippen molar-refractivity contribution in [3.63, 3.8) is 0 Å². The molecule has 0 radical (unpaired) electrons. The van der Waals surface area contributed by atoms with Crippen LogP contribution in [0, 0.1) is 19.1 Å². The van der Waals surface area contributed by atoms with Crippen molar-refractivity contribution in [2.75, 3.05) is 0 Å². The van der Waals surface area contributed by atoms with Crippen LogP contribution in [0.15, 0.2) is 12.2 Å². The van der Waals surface area contributed by atoms with E-state index in [0.717, 1.165) is 5.57 Å². The van der Waals surface area contributed by atoms with Crippen LogP contribution in [-0.2, 0) is 0 Å². The molecule has 1 fully saturated rings. The first-order chi connectivity index (χ1) is 5.13. The summed E-state index contributed by atoms with van der Waals surface area (Å²) in [6.45, 7) is 19.7. The summed E-state index contributed by atoms with van der Waals surface area (Å²) in [7, 11) is 0. The van der Waals surface area contributed by atoms with E-state index in [1.165, 1.54) is 0 Å². The molecule has 0 aromatic carbocycles. The highest BCUT2D eigenvalue weighted by Crippen LogP contribution is 2.41. The molecule has 0 bridgehead atoms. The minimum absolute atomic E-state index is 0.346. The van der Waals surface area contributed by atoms with Crippen molar-refractivity contribution >= 4 is 0 Å². The highest BCUT2D eigenvalue weighted by Gasteiger charge is 2.51. The van der Waals surface area contributed by atoms with Crippen molar-refractivity contribution in [3.05, 3.63) is 35.0 Å². The standard InChI is InChI=1S/C9H10N2/c1-7-5-9(10-3,11-4)6-8(7)2/h8H,1,5-6H2,2H3. The minimum Gasteiger partial charge on any atom is -0.230 e. The summed E-state index contributed by atoms with van der Waals surface area (Å²) in [6, 6.07) is 0. The molecule has 0 N–H and O–H groups in total. The van der Waals surface area contributed by atoms with Crippen LogP contribution in [-0.4, -0.2) is 5.66 Å². The Bertz CT molecular complexity index is 250. The molecule has 0 aliphatic heterocycles. The molecule has 0 spiro atoms. The predicted molar refractivity (Wildman–Crippen MR) is 43.5 cm³/mol. The Labute approximate surface area is 67.2 Å². The molecule has 0 amide bonds. The molecule has 1 rings (SSSR count). The lowest BCUT2D eigenvalue weighted by molar-refractivity contribution is 0.585. The molecular formula is C9H10N2. The summed E-state index contributed by atoms with van der Waals surface area (Å²) in [5, 5.41) is 0. The molecule has 1 unspecified atom stereocenters. The molecule has 0 saturated heterocycles. The topological polar surface area (TPSA) is 8.72 Å². The molecule has 2 nitrogen and oxygen atoms in total. The van der Waals surface area contributed by atoms with Crippen LogP contribution in [0.4, 0.5) is 0 Å². The van der Waals surface area contributed by atoms with Crippen molar-refractivity contribution < 1.29 is 0 Å². The van der Waals surface area contributed by atoms with Crippen LogP contribution < -0.4 is 0 Å². The SMILES string of the molecule is [C-]#[N+]C1([N+]#[C-])CC(=C)C(C)C1. The van der Waals surface area contributed by atoms with E-state index in [1.54, 1.807) is 0 Å². The molecule has 1 aliphatic carbocycles. The summed E-state index contributed by atoms with van der Waals surface area (Å²) in [4.78, 5) is 6.75. The average Bonchev–Trinajstić information content (AvgIpc) is 2.29. The number of rotatable bonds is 0. The summed E-state index contributed by atoms with van der Waals surface area (Å²) in [6.07, 6.45) is 1.24. The maximum Gasteiger partial charge on any atom is 0.486 e. The van der Waals surface area contributed by atoms with E-state index in [0.29, 0.717) is 18.8 Å². The molecule has 0 aromatic heterocycles. The maximum absolute atomic E-state index is 6.90. The zero-order chi connectivity index (χ0) is 8.48. The van der Waals surface area contributed by atoms with Crippen molar-refractivity contribution in [1.29, 1.82) is 0 Å². The summed E-state index contributed by atoms with van der Waals surface area (Å²) < 4.78 is 0. The van der Waals surface area contributed by atoms with Gasteiger partial charge >= 0.3 is 5.66 Å². The maximum atomic E-state index is 6.90. The Kier molecular flexibility index (Phi) is 1.71. The summed E-state index contributed by atoms with van der Waals surface area (Å²) in [5.41, 5.74) is 0.258. The van der Waals surface area contributed by atoms with Crippen molar-refractivity contribution in [3.8, 4) is 0 Å². The molecule has 1 atom stereocenters. The first-order valence-corrected chi connectivity index (χ1v) is 3.58. The van der Waals surface area contributed by atoms with Crippen molar-refractivity contribution in [2.24, 2.45) is 5.92 Å². The monoisotopic (exact) mass is 146 g/mol. The molecule has 2 heteroatoms. The predicted octanol–water partition coefficient (Wildman–Crippen LogP) is 2.51. The van der Waals surface area contributed by atoms with Gasteiger partial charge in [-0.05, 0) is 5.92 Å². The van der Waals surface area contributed by atoms with Gasteiger partial charge in [0, 0.05) is 0 Å². The Morgan fingerprint density at radius 2 is 2.09 bits per heavy atom. The second-order valence-corrected chi connectivity index (χ2v) is 3.15. The second kappa shape index (κ2) is 2.40. The molecule has 1 saturated carbocycles. The van der Waals surface area contributed by atoms with E-state index >= 15 is 0 Å². The lowest BCUT2D eigenvalue weighted by Gasteiger charge is -1.98. The van der Waals surface area contributed by atoms with Crippen LogP contribution in [0.5, 0.6) is 0 Å². The largest absolute Gasteiger partial charge is 0.486 e. The van der Waals surface area contributed by atoms with Gasteiger partial charge in [0.2, 0.25) is 0 Å². The Balaban J connectivity index is 2.90. The zero-order valence-electron chi connectivity index (χ0n) is 6.59. The van der Waals surface area contributed by atoms with Gasteiger partial charge in [0.05, 0.1) is 0 Å². The van der Waals surface area contributed by atoms with Gasteiger partial charge in [-0.25, -0.2) is 22.8 Å². The quantitative estimate of drug-likeness (QED) is 0.366. The third kappa shape index (κ3) is 1.12. The normalized spacial score (nSPS) is 27.5. The lowest BCUT2D eigenvalue weighted by atomic mass is 10.1. The first kappa shape index (κ1) is 7.82. The fraction of sp³-hybridized carbons (Fsp3) is 0.556. The first-order valence-electron chi connectivity index (χ1n) is 3.58. The van der Waals surface area contributed by atoms with Gasteiger partial charge in [-0.3, -0.25) is 0 Å². The lowest BCUT2D eigenvalue weighted by Crippen LogP contribution is -2.13. The van der Waals surface area contributed by atoms with E-state index < -0.39 is 5.66 Å². The van der Waals surface area contributed by atoms with Crippen LogP contribution in [0.2, 0.25) is 0 Å². The van der Waals surface area contributed by atoms with E-state index in [-0.39, 0.29) is 0 Å². The van der Waals surface area contributed by atoms with Gasteiger partial charge in [0.25, 0.3) is 0 Å². The Morgan fingerprint density at radius 1 is 1.55 bits per heavy atom. The number of hydrogen-bond donors (Lipinski definition) is 0. The average molecular weight is 146 g/mol. The smallest absolute Gasteiger partial charge is 0.230 e. The van der Waals surface area contributed by atoms with Crippen LogP contribution in [0.3, 0.4) is 0 Å². The zero-order valence-corrected chi connectivity index (χ0v) is 6.59. The number of hydrogen-bond acceptors (Lipinski definition) is 0. The van der Waals surface area contributed by atoms with E-state index in [9.17, 15) is 0 Å². The molecule has 11 heavy (non-hydrogen) atoms. The fourth-order valence-electron chi connectivity index (χ4n) is 1.44. The molecule has 56 valence electrons. The van der Waals surface area contributed by atoms with Crippen molar-refractivity contribution in [1.82, 2.24) is 0 Å². The van der Waals surface area contributed by atoms with Gasteiger partial charge in [-0.2, -0.15) is 0 Å². The van der Waals surface area contributed by atoms with Gasteiger partial charge < -0.3 is 0 Å². The van der Waals surface area contributed by atoms with Gasteiger partial charge in [0.15, 0.2) is 0 Å². The third-order valence-electron chi connectivity index (χ3n) is 2.26. The van der Waals surface area contributed by atoms with Crippen LogP contribution >= 0.6 is 0 Å². The Hall–Kier alpha value is -1.28. The van der Waals surface area contributed by atoms with Gasteiger partial charge in [0.1, 0.15) is 12.8 Å². The number of nitrogens with zero attached hydrogens (tertiary/aromatic N) is 2. The van der Waals surface area contributed by atoms with Gasteiger partial charge in [-0.15, -0.1) is 0 Å². The van der Waals surface area contributed by atoms with E-state index in [1.807, 2.05) is 6.92 Å². The van der Waals surface area contributed by atoms with Crippen LogP contribution in [0.1, 0.15) is 19.8 Å². The molecule has 1 aliphatic rings. The van der Waals surface area contributed by atoms with E-state index in [2.05, 4.69) is 16.3 Å². The van der Waals surface area contributed by atoms with Gasteiger partial charge in [-0.1, -0.05) is 19.1 Å². The second-order valence-electron chi connectivity index (χ2n) is 3.15. The molecule has 0 heterocycles. The summed E-state index contributed by atoms with van der Waals surface area (Å²) >= 11 is 0.